The minimum absolute atomic E-state index is 0. The molecule has 0 radical (unpaired) electrons. The topological polar surface area (TPSA) is 91.4 Å². The van der Waals surface area contributed by atoms with Crippen LogP contribution in [0.25, 0.3) is 0 Å². The van der Waals surface area contributed by atoms with Gasteiger partial charge in [-0.1, -0.05) is 6.07 Å². The lowest BCUT2D eigenvalue weighted by molar-refractivity contribution is 0.0186. The van der Waals surface area contributed by atoms with Crippen molar-refractivity contribution in [3.63, 3.8) is 0 Å². The minimum Gasteiger partial charge on any atom is -0.444 e. The summed E-state index contributed by atoms with van der Waals surface area (Å²) in [4.78, 5) is 20.9. The molecule has 0 spiro atoms. The number of amides is 1. The molecule has 148 valence electrons. The van der Waals surface area contributed by atoms with Gasteiger partial charge in [-0.25, -0.2) is 9.79 Å². The van der Waals surface area contributed by atoms with Crippen LogP contribution in [0, 0.1) is 0 Å². The summed E-state index contributed by atoms with van der Waals surface area (Å²) in [7, 11) is 0. The second-order valence-corrected chi connectivity index (χ2v) is 8.33. The number of carbonyl (C=O) groups excluding carboxylic acids is 1. The van der Waals surface area contributed by atoms with Gasteiger partial charge in [0.05, 0.1) is 6.54 Å². The number of piperazine rings is 1. The third-order valence-corrected chi connectivity index (χ3v) is 4.98. The number of rotatable bonds is 3. The van der Waals surface area contributed by atoms with Crippen molar-refractivity contribution in [3.05, 3.63) is 22.4 Å². The summed E-state index contributed by atoms with van der Waals surface area (Å²) in [6.45, 7) is 9.74. The van der Waals surface area contributed by atoms with Gasteiger partial charge in [-0.05, 0) is 39.1 Å². The monoisotopic (exact) mass is 496 g/mol. The Morgan fingerprint density at radius 2 is 1.85 bits per heavy atom. The molecule has 0 aromatic carbocycles. The number of hydrogen-bond donors (Lipinski definition) is 2. The zero-order valence-electron chi connectivity index (χ0n) is 15.8. The van der Waals surface area contributed by atoms with Crippen LogP contribution in [0.4, 0.5) is 4.79 Å². The third-order valence-electron chi connectivity index (χ3n) is 3.86. The second kappa shape index (κ2) is 9.23. The van der Waals surface area contributed by atoms with Gasteiger partial charge in [-0.2, -0.15) is 0 Å². The first-order valence-electron chi connectivity index (χ1n) is 8.38. The largest absolute Gasteiger partial charge is 0.444 e. The lowest BCUT2D eigenvalue weighted by atomic mass is 10.1. The molecular formula is C17H29IN4O3S. The Hall–Kier alpha value is -1.07. The molecule has 0 aliphatic carbocycles. The molecule has 0 saturated carbocycles. The lowest BCUT2D eigenvalue weighted by Gasteiger charge is -2.36. The normalized spacial score (nSPS) is 18.1. The predicted molar refractivity (Wildman–Crippen MR) is 115 cm³/mol. The zero-order chi connectivity index (χ0) is 18.7. The van der Waals surface area contributed by atoms with E-state index in [-0.39, 0.29) is 36.6 Å². The molecule has 26 heavy (non-hydrogen) atoms. The van der Waals surface area contributed by atoms with Gasteiger partial charge in [0.15, 0.2) is 5.96 Å². The van der Waals surface area contributed by atoms with Crippen molar-refractivity contribution in [2.75, 3.05) is 32.7 Å². The van der Waals surface area contributed by atoms with Crippen LogP contribution in [-0.4, -0.2) is 65.3 Å². The molecule has 9 heteroatoms. The Morgan fingerprint density at radius 1 is 1.27 bits per heavy atom. The number of aliphatic hydroxyl groups is 1. The molecule has 2 heterocycles. The number of thiophene rings is 1. The van der Waals surface area contributed by atoms with E-state index in [9.17, 15) is 9.90 Å². The fraction of sp³-hybridized carbons (Fsp3) is 0.647. The number of carbonyl (C=O) groups is 1. The molecule has 2 rings (SSSR count). The Morgan fingerprint density at radius 3 is 2.35 bits per heavy atom. The first-order chi connectivity index (χ1) is 11.6. The Labute approximate surface area is 176 Å². The summed E-state index contributed by atoms with van der Waals surface area (Å²) < 4.78 is 5.38. The molecule has 1 amide bonds. The summed E-state index contributed by atoms with van der Waals surface area (Å²) in [6, 6.07) is 3.79. The average Bonchev–Trinajstić information content (AvgIpc) is 3.06. The maximum atomic E-state index is 12.1. The number of hydrogen-bond acceptors (Lipinski definition) is 5. The summed E-state index contributed by atoms with van der Waals surface area (Å²) in [5.74, 6) is 0.390. The summed E-state index contributed by atoms with van der Waals surface area (Å²) in [6.07, 6.45) is -0.303. The fourth-order valence-electron chi connectivity index (χ4n) is 2.44. The smallest absolute Gasteiger partial charge is 0.410 e. The van der Waals surface area contributed by atoms with Gasteiger partial charge in [0.2, 0.25) is 0 Å². The molecule has 1 unspecified atom stereocenters. The quantitative estimate of drug-likeness (QED) is 0.381. The van der Waals surface area contributed by atoms with Crippen molar-refractivity contribution in [3.8, 4) is 0 Å². The summed E-state index contributed by atoms with van der Waals surface area (Å²) in [5.41, 5.74) is 4.54. The van der Waals surface area contributed by atoms with Crippen LogP contribution in [0.5, 0.6) is 0 Å². The van der Waals surface area contributed by atoms with Gasteiger partial charge in [0.1, 0.15) is 11.2 Å². The molecule has 1 aromatic heterocycles. The molecule has 1 saturated heterocycles. The number of ether oxygens (including phenoxy) is 1. The highest BCUT2D eigenvalue weighted by Crippen LogP contribution is 2.25. The number of halogens is 1. The molecule has 7 nitrogen and oxygen atoms in total. The molecule has 0 bridgehead atoms. The second-order valence-electron chi connectivity index (χ2n) is 7.38. The standard InChI is InChI=1S/C17H28N4O3S.HI/c1-16(2,3)24-15(22)21-9-7-20(8-10-21)14(18)19-12-17(4,23)13-6-5-11-25-13;/h5-6,11,23H,7-10,12H2,1-4H3,(H2,18,19);1H. The maximum Gasteiger partial charge on any atom is 0.410 e. The van der Waals surface area contributed by atoms with E-state index in [1.54, 1.807) is 11.8 Å². The number of nitrogens with zero attached hydrogens (tertiary/aromatic N) is 3. The molecular weight excluding hydrogens is 467 g/mol. The molecule has 1 aliphatic rings. The van der Waals surface area contributed by atoms with E-state index in [2.05, 4.69) is 4.99 Å². The molecule has 1 atom stereocenters. The van der Waals surface area contributed by atoms with E-state index in [0.29, 0.717) is 32.1 Å². The lowest BCUT2D eigenvalue weighted by Crippen LogP contribution is -2.53. The van der Waals surface area contributed by atoms with E-state index in [0.717, 1.165) is 4.88 Å². The minimum atomic E-state index is -1.03. The van der Waals surface area contributed by atoms with Crippen molar-refractivity contribution >= 4 is 47.4 Å². The molecule has 1 aliphatic heterocycles. The van der Waals surface area contributed by atoms with Crippen molar-refractivity contribution in [2.45, 2.75) is 38.9 Å². The number of nitrogens with two attached hydrogens (primary N) is 1. The van der Waals surface area contributed by atoms with Gasteiger partial charge >= 0.3 is 6.09 Å². The van der Waals surface area contributed by atoms with E-state index >= 15 is 0 Å². The van der Waals surface area contributed by atoms with Crippen LogP contribution in [0.1, 0.15) is 32.6 Å². The van der Waals surface area contributed by atoms with Crippen molar-refractivity contribution in [2.24, 2.45) is 10.7 Å². The van der Waals surface area contributed by atoms with Crippen LogP contribution >= 0.6 is 35.3 Å². The first kappa shape index (κ1) is 23.0. The fourth-order valence-corrected chi connectivity index (χ4v) is 3.22. The van der Waals surface area contributed by atoms with E-state index in [1.807, 2.05) is 43.2 Å². The van der Waals surface area contributed by atoms with Gasteiger partial charge in [-0.15, -0.1) is 35.3 Å². The van der Waals surface area contributed by atoms with E-state index in [1.165, 1.54) is 11.3 Å². The van der Waals surface area contributed by atoms with Crippen molar-refractivity contribution in [1.82, 2.24) is 9.80 Å². The molecule has 1 aromatic rings. The van der Waals surface area contributed by atoms with E-state index < -0.39 is 11.2 Å². The SMILES string of the molecule is CC(C)(C)OC(=O)N1CCN(C(N)=NCC(C)(O)c2cccs2)CC1.I. The van der Waals surface area contributed by atoms with E-state index in [4.69, 9.17) is 10.5 Å². The number of aliphatic imine (C=N–C) groups is 1. The average molecular weight is 496 g/mol. The maximum absolute atomic E-state index is 12.1. The highest BCUT2D eigenvalue weighted by Gasteiger charge is 2.27. The predicted octanol–water partition coefficient (Wildman–Crippen LogP) is 2.44. The van der Waals surface area contributed by atoms with Gasteiger partial charge in [-0.3, -0.25) is 0 Å². The van der Waals surface area contributed by atoms with Crippen LogP contribution in [0.3, 0.4) is 0 Å². The van der Waals surface area contributed by atoms with Crippen LogP contribution < -0.4 is 5.73 Å². The highest BCUT2D eigenvalue weighted by atomic mass is 127. The summed E-state index contributed by atoms with van der Waals surface area (Å²) in [5, 5.41) is 12.4. The van der Waals surface area contributed by atoms with Gasteiger partial charge in [0, 0.05) is 31.1 Å². The van der Waals surface area contributed by atoms with Gasteiger partial charge in [0.25, 0.3) is 0 Å². The zero-order valence-corrected chi connectivity index (χ0v) is 18.9. The highest BCUT2D eigenvalue weighted by molar-refractivity contribution is 14.0. The Bertz CT molecular complexity index is 606. The molecule has 3 N–H and O–H groups in total. The van der Waals surface area contributed by atoms with Crippen LogP contribution in [-0.2, 0) is 10.3 Å². The first-order valence-corrected chi connectivity index (χ1v) is 9.25. The Kier molecular flexibility index (Phi) is 8.15. The molecule has 1 fully saturated rings. The van der Waals surface area contributed by atoms with Crippen LogP contribution in [0.2, 0.25) is 0 Å². The number of guanidine groups is 1. The third kappa shape index (κ3) is 6.58. The van der Waals surface area contributed by atoms with Crippen molar-refractivity contribution < 1.29 is 14.6 Å². The van der Waals surface area contributed by atoms with Crippen LogP contribution in [0.15, 0.2) is 22.5 Å². The van der Waals surface area contributed by atoms with Gasteiger partial charge < -0.3 is 25.4 Å². The Balaban J connectivity index is 0.00000338. The van der Waals surface area contributed by atoms with Crippen molar-refractivity contribution in [1.29, 1.82) is 0 Å². The summed E-state index contributed by atoms with van der Waals surface area (Å²) >= 11 is 1.49.